The number of carbonyl (C=O) groups is 1. The zero-order valence-corrected chi connectivity index (χ0v) is 9.30. The first kappa shape index (κ1) is 12.3. The number of nitrogens with two attached hydrogens (primary N) is 1. The Hall–Kier alpha value is -1.82. The number of hydrogen-bond donors (Lipinski definition) is 2. The minimum Gasteiger partial charge on any atom is -0.465 e. The largest absolute Gasteiger partial charge is 0.465 e. The molecule has 0 aliphatic carbocycles. The number of nitrogen functional groups attached to an aromatic ring is 1. The summed E-state index contributed by atoms with van der Waals surface area (Å²) in [5, 5.41) is 8.81. The lowest BCUT2D eigenvalue weighted by Gasteiger charge is -2.19. The second-order valence-electron chi connectivity index (χ2n) is 3.23. The molecular weight excluding hydrogens is 210 g/mol. The maximum Gasteiger partial charge on any atom is 0.340 e. The van der Waals surface area contributed by atoms with Crippen LogP contribution in [0.2, 0.25) is 0 Å². The van der Waals surface area contributed by atoms with Crippen LogP contribution in [0.15, 0.2) is 12.3 Å². The molecule has 6 heteroatoms. The second-order valence-corrected chi connectivity index (χ2v) is 3.23. The number of likely N-dealkylation sites (N-methyl/N-ethyl adjacent to an activating group) is 1. The first-order chi connectivity index (χ1) is 7.61. The van der Waals surface area contributed by atoms with Crippen LogP contribution in [0.4, 0.5) is 11.5 Å². The van der Waals surface area contributed by atoms with Crippen molar-refractivity contribution in [1.82, 2.24) is 4.98 Å². The van der Waals surface area contributed by atoms with E-state index in [4.69, 9.17) is 10.8 Å². The van der Waals surface area contributed by atoms with Crippen molar-refractivity contribution in [1.29, 1.82) is 0 Å². The van der Waals surface area contributed by atoms with E-state index in [0.717, 1.165) is 0 Å². The van der Waals surface area contributed by atoms with Gasteiger partial charge in [-0.2, -0.15) is 0 Å². The van der Waals surface area contributed by atoms with Gasteiger partial charge in [0.2, 0.25) is 0 Å². The summed E-state index contributed by atoms with van der Waals surface area (Å²) >= 11 is 0. The number of anilines is 2. The highest BCUT2D eigenvalue weighted by atomic mass is 16.5. The number of carbonyl (C=O) groups excluding carboxylic acids is 1. The van der Waals surface area contributed by atoms with Crippen molar-refractivity contribution < 1.29 is 14.6 Å². The molecule has 0 fully saturated rings. The molecule has 6 nitrogen and oxygen atoms in total. The number of aromatic nitrogens is 1. The molecule has 0 radical (unpaired) electrons. The quantitative estimate of drug-likeness (QED) is 0.694. The summed E-state index contributed by atoms with van der Waals surface area (Å²) in [6.45, 7) is 0.377. The van der Waals surface area contributed by atoms with Crippen LogP contribution in [0.25, 0.3) is 0 Å². The number of rotatable bonds is 4. The molecule has 0 bridgehead atoms. The minimum absolute atomic E-state index is 0.0138. The highest BCUT2D eigenvalue weighted by Gasteiger charge is 2.15. The molecule has 16 heavy (non-hydrogen) atoms. The summed E-state index contributed by atoms with van der Waals surface area (Å²) in [5.74, 6) is -0.0458. The fourth-order valence-electron chi connectivity index (χ4n) is 1.31. The van der Waals surface area contributed by atoms with Gasteiger partial charge in [-0.05, 0) is 6.07 Å². The standard InChI is InChI=1S/C10H15N3O3/c1-13(5-6-14)9-8(11)7(3-4-12-9)10(15)16-2/h3-4,14H,5-6,11H2,1-2H3. The van der Waals surface area contributed by atoms with Gasteiger partial charge in [-0.1, -0.05) is 0 Å². The van der Waals surface area contributed by atoms with E-state index in [0.29, 0.717) is 12.4 Å². The van der Waals surface area contributed by atoms with Crippen LogP contribution in [-0.2, 0) is 4.74 Å². The van der Waals surface area contributed by atoms with E-state index in [1.54, 1.807) is 11.9 Å². The van der Waals surface area contributed by atoms with Crippen LogP contribution in [0.5, 0.6) is 0 Å². The molecule has 0 amide bonds. The molecule has 0 atom stereocenters. The molecule has 0 aliphatic heterocycles. The van der Waals surface area contributed by atoms with Gasteiger partial charge in [0.05, 0.1) is 25.0 Å². The Morgan fingerprint density at radius 3 is 2.94 bits per heavy atom. The molecule has 0 saturated carbocycles. The first-order valence-electron chi connectivity index (χ1n) is 4.76. The molecule has 3 N–H and O–H groups in total. The third-order valence-electron chi connectivity index (χ3n) is 2.17. The average Bonchev–Trinajstić information content (AvgIpc) is 2.28. The monoisotopic (exact) mass is 225 g/mol. The summed E-state index contributed by atoms with van der Waals surface area (Å²) < 4.78 is 4.60. The molecule has 0 aromatic carbocycles. The molecule has 0 aliphatic rings. The molecule has 0 spiro atoms. The van der Waals surface area contributed by atoms with E-state index in [1.165, 1.54) is 19.4 Å². The normalized spacial score (nSPS) is 9.94. The predicted molar refractivity (Wildman–Crippen MR) is 60.3 cm³/mol. The average molecular weight is 225 g/mol. The Kier molecular flexibility index (Phi) is 4.07. The lowest BCUT2D eigenvalue weighted by atomic mass is 10.2. The molecule has 1 aromatic heterocycles. The maximum atomic E-state index is 11.4. The molecule has 88 valence electrons. The number of nitrogens with zero attached hydrogens (tertiary/aromatic N) is 2. The first-order valence-corrected chi connectivity index (χ1v) is 4.76. The van der Waals surface area contributed by atoms with E-state index >= 15 is 0 Å². The van der Waals surface area contributed by atoms with Crippen LogP contribution >= 0.6 is 0 Å². The molecule has 1 rings (SSSR count). The Balaban J connectivity index is 3.08. The van der Waals surface area contributed by atoms with Gasteiger partial charge in [0.1, 0.15) is 0 Å². The van der Waals surface area contributed by atoms with Crippen molar-refractivity contribution in [2.75, 3.05) is 37.9 Å². The van der Waals surface area contributed by atoms with Crippen LogP contribution in [0, 0.1) is 0 Å². The number of hydrogen-bond acceptors (Lipinski definition) is 6. The smallest absolute Gasteiger partial charge is 0.340 e. The fraction of sp³-hybridized carbons (Fsp3) is 0.400. The molecular formula is C10H15N3O3. The second kappa shape index (κ2) is 5.32. The van der Waals surface area contributed by atoms with Gasteiger partial charge in [0, 0.05) is 19.8 Å². The van der Waals surface area contributed by atoms with Crippen molar-refractivity contribution in [2.24, 2.45) is 0 Å². The van der Waals surface area contributed by atoms with Crippen LogP contribution < -0.4 is 10.6 Å². The topological polar surface area (TPSA) is 88.7 Å². The van der Waals surface area contributed by atoms with Crippen LogP contribution in [-0.4, -0.2) is 43.4 Å². The number of aliphatic hydroxyl groups is 1. The molecule has 1 aromatic rings. The van der Waals surface area contributed by atoms with E-state index in [-0.39, 0.29) is 17.9 Å². The third kappa shape index (κ3) is 2.40. The zero-order valence-electron chi connectivity index (χ0n) is 9.30. The third-order valence-corrected chi connectivity index (χ3v) is 2.17. The predicted octanol–water partition coefficient (Wildman–Crippen LogP) is -0.121. The summed E-state index contributed by atoms with van der Waals surface area (Å²) in [6.07, 6.45) is 1.48. The number of esters is 1. The van der Waals surface area contributed by atoms with E-state index < -0.39 is 5.97 Å². The highest BCUT2D eigenvalue weighted by molar-refractivity contribution is 5.97. The van der Waals surface area contributed by atoms with E-state index in [1.807, 2.05) is 0 Å². The van der Waals surface area contributed by atoms with Gasteiger partial charge in [-0.3, -0.25) is 0 Å². The Bertz CT molecular complexity index is 382. The minimum atomic E-state index is -0.501. The number of methoxy groups -OCH3 is 1. The highest BCUT2D eigenvalue weighted by Crippen LogP contribution is 2.23. The van der Waals surface area contributed by atoms with Crippen molar-refractivity contribution in [3.05, 3.63) is 17.8 Å². The van der Waals surface area contributed by atoms with Gasteiger partial charge in [0.15, 0.2) is 5.82 Å². The van der Waals surface area contributed by atoms with Gasteiger partial charge in [-0.25, -0.2) is 9.78 Å². The van der Waals surface area contributed by atoms with Crippen molar-refractivity contribution >= 4 is 17.5 Å². The van der Waals surface area contributed by atoms with Gasteiger partial charge in [0.25, 0.3) is 0 Å². The lowest BCUT2D eigenvalue weighted by Crippen LogP contribution is -2.24. The number of aliphatic hydroxyl groups excluding tert-OH is 1. The van der Waals surface area contributed by atoms with Gasteiger partial charge in [-0.15, -0.1) is 0 Å². The SMILES string of the molecule is COC(=O)c1ccnc(N(C)CCO)c1N. The zero-order chi connectivity index (χ0) is 12.1. The maximum absolute atomic E-state index is 11.4. The summed E-state index contributed by atoms with van der Waals surface area (Å²) in [6, 6.07) is 1.50. The summed E-state index contributed by atoms with van der Waals surface area (Å²) in [4.78, 5) is 17.1. The summed E-state index contributed by atoms with van der Waals surface area (Å²) in [5.41, 5.74) is 6.33. The van der Waals surface area contributed by atoms with E-state index in [9.17, 15) is 4.79 Å². The van der Waals surface area contributed by atoms with Gasteiger partial charge >= 0.3 is 5.97 Å². The number of ether oxygens (including phenoxy) is 1. The Labute approximate surface area is 93.6 Å². The number of pyridine rings is 1. The molecule has 1 heterocycles. The van der Waals surface area contributed by atoms with Gasteiger partial charge < -0.3 is 20.5 Å². The lowest BCUT2D eigenvalue weighted by molar-refractivity contribution is 0.0602. The Morgan fingerprint density at radius 1 is 1.69 bits per heavy atom. The summed E-state index contributed by atoms with van der Waals surface area (Å²) in [7, 11) is 3.02. The Morgan fingerprint density at radius 2 is 2.38 bits per heavy atom. The van der Waals surface area contributed by atoms with Crippen LogP contribution in [0.3, 0.4) is 0 Å². The molecule has 0 unspecified atom stereocenters. The van der Waals surface area contributed by atoms with E-state index in [2.05, 4.69) is 9.72 Å². The molecule has 0 saturated heterocycles. The fourth-order valence-corrected chi connectivity index (χ4v) is 1.31. The van der Waals surface area contributed by atoms with Crippen molar-refractivity contribution in [3.8, 4) is 0 Å². The van der Waals surface area contributed by atoms with Crippen molar-refractivity contribution in [2.45, 2.75) is 0 Å². The van der Waals surface area contributed by atoms with Crippen molar-refractivity contribution in [3.63, 3.8) is 0 Å². The van der Waals surface area contributed by atoms with Crippen LogP contribution in [0.1, 0.15) is 10.4 Å².